The van der Waals surface area contributed by atoms with E-state index >= 15 is 0 Å². The van der Waals surface area contributed by atoms with Crippen LogP contribution in [0.15, 0.2) is 6.08 Å². The monoisotopic (exact) mass is 325 g/mol. The molecule has 1 aliphatic heterocycles. The summed E-state index contributed by atoms with van der Waals surface area (Å²) >= 11 is 6.36. The molecule has 0 bridgehead atoms. The zero-order chi connectivity index (χ0) is 16.1. The number of hydrogen-bond acceptors (Lipinski definition) is 3. The predicted octanol–water partition coefficient (Wildman–Crippen LogP) is 2.91. The lowest BCUT2D eigenvalue weighted by atomic mass is 10.2. The molecular weight excluding hydrogens is 302 g/mol. The number of morpholine rings is 1. The number of rotatable bonds is 5. The minimum absolute atomic E-state index is 0.00748. The summed E-state index contributed by atoms with van der Waals surface area (Å²) in [5.74, 6) is -0.00748. The van der Waals surface area contributed by atoms with Gasteiger partial charge in [-0.2, -0.15) is 5.10 Å². The van der Waals surface area contributed by atoms with Crippen molar-refractivity contribution in [1.82, 2.24) is 14.7 Å². The van der Waals surface area contributed by atoms with E-state index in [4.69, 9.17) is 16.3 Å². The Bertz CT molecular complexity index is 554. The molecule has 0 aromatic carbocycles. The maximum Gasteiger partial charge on any atom is 0.246 e. The molecule has 0 saturated carbocycles. The largest absolute Gasteiger partial charge is 0.375 e. The number of amides is 1. The number of aryl methyl sites for hydroxylation is 2. The standard InChI is InChI=1S/C16H24ClN3O2/c1-4-5-8-20-16(17)14(13(3)18-20)6-7-15(21)19-9-10-22-12(2)11-19/h6-7,12H,4-5,8-11H2,1-3H3/b7-6+. The first-order valence-corrected chi connectivity index (χ1v) is 8.22. The van der Waals surface area contributed by atoms with Crippen molar-refractivity contribution in [1.29, 1.82) is 0 Å². The summed E-state index contributed by atoms with van der Waals surface area (Å²) in [5, 5.41) is 5.04. The van der Waals surface area contributed by atoms with Crippen molar-refractivity contribution < 1.29 is 9.53 Å². The fraction of sp³-hybridized carbons (Fsp3) is 0.625. The fourth-order valence-electron chi connectivity index (χ4n) is 2.49. The summed E-state index contributed by atoms with van der Waals surface area (Å²) < 4.78 is 7.25. The maximum atomic E-state index is 12.2. The number of hydrogen-bond donors (Lipinski definition) is 0. The first-order chi connectivity index (χ1) is 10.5. The first kappa shape index (κ1) is 17.0. The molecule has 1 unspecified atom stereocenters. The van der Waals surface area contributed by atoms with E-state index in [9.17, 15) is 4.79 Å². The Labute approximate surface area is 136 Å². The lowest BCUT2D eigenvalue weighted by molar-refractivity contribution is -0.132. The third kappa shape index (κ3) is 4.11. The molecule has 1 aromatic rings. The minimum atomic E-state index is -0.00748. The Morgan fingerprint density at radius 2 is 2.32 bits per heavy atom. The molecule has 1 saturated heterocycles. The van der Waals surface area contributed by atoms with Crippen LogP contribution in [-0.4, -0.2) is 46.4 Å². The number of ether oxygens (including phenoxy) is 1. The van der Waals surface area contributed by atoms with Crippen molar-refractivity contribution in [2.45, 2.75) is 46.3 Å². The Morgan fingerprint density at radius 1 is 1.55 bits per heavy atom. The number of halogens is 1. The second-order valence-electron chi connectivity index (χ2n) is 5.67. The van der Waals surface area contributed by atoms with Gasteiger partial charge in [0.2, 0.25) is 5.91 Å². The molecule has 0 N–H and O–H groups in total. The molecule has 0 aliphatic carbocycles. The van der Waals surface area contributed by atoms with Gasteiger partial charge in [-0.1, -0.05) is 24.9 Å². The molecule has 5 nitrogen and oxygen atoms in total. The number of carbonyl (C=O) groups excluding carboxylic acids is 1. The Kier molecular flexibility index (Phi) is 6.03. The topological polar surface area (TPSA) is 47.4 Å². The van der Waals surface area contributed by atoms with Crippen molar-refractivity contribution in [3.05, 3.63) is 22.5 Å². The van der Waals surface area contributed by atoms with Gasteiger partial charge in [-0.25, -0.2) is 0 Å². The van der Waals surface area contributed by atoms with E-state index in [-0.39, 0.29) is 12.0 Å². The quantitative estimate of drug-likeness (QED) is 0.782. The van der Waals surface area contributed by atoms with Crippen molar-refractivity contribution in [2.24, 2.45) is 0 Å². The van der Waals surface area contributed by atoms with Gasteiger partial charge < -0.3 is 9.64 Å². The van der Waals surface area contributed by atoms with Crippen LogP contribution in [0, 0.1) is 6.92 Å². The fourth-order valence-corrected chi connectivity index (χ4v) is 2.81. The van der Waals surface area contributed by atoms with Crippen molar-refractivity contribution >= 4 is 23.6 Å². The SMILES string of the molecule is CCCCn1nc(C)c(/C=C/C(=O)N2CCOC(C)C2)c1Cl. The van der Waals surface area contributed by atoms with Gasteiger partial charge in [0.05, 0.1) is 18.4 Å². The zero-order valence-corrected chi connectivity index (χ0v) is 14.3. The third-order valence-electron chi connectivity index (χ3n) is 3.78. The highest BCUT2D eigenvalue weighted by Crippen LogP contribution is 2.22. The zero-order valence-electron chi connectivity index (χ0n) is 13.5. The minimum Gasteiger partial charge on any atom is -0.375 e. The van der Waals surface area contributed by atoms with E-state index in [1.165, 1.54) is 0 Å². The lowest BCUT2D eigenvalue weighted by Gasteiger charge is -2.30. The number of nitrogens with zero attached hydrogens (tertiary/aromatic N) is 3. The number of unbranched alkanes of at least 4 members (excludes halogenated alkanes) is 1. The molecule has 1 amide bonds. The van der Waals surface area contributed by atoms with Crippen LogP contribution in [0.5, 0.6) is 0 Å². The normalized spacial score (nSPS) is 19.1. The van der Waals surface area contributed by atoms with Gasteiger partial charge >= 0.3 is 0 Å². The van der Waals surface area contributed by atoms with Crippen LogP contribution in [-0.2, 0) is 16.1 Å². The predicted molar refractivity (Wildman–Crippen MR) is 87.9 cm³/mol. The maximum absolute atomic E-state index is 12.2. The highest BCUT2D eigenvalue weighted by Gasteiger charge is 2.20. The summed E-state index contributed by atoms with van der Waals surface area (Å²) in [6.45, 7) is 8.68. The van der Waals surface area contributed by atoms with E-state index in [1.54, 1.807) is 21.7 Å². The van der Waals surface area contributed by atoms with Crippen molar-refractivity contribution in [3.8, 4) is 0 Å². The van der Waals surface area contributed by atoms with Gasteiger partial charge in [0, 0.05) is 31.3 Å². The Hall–Kier alpha value is -1.33. The summed E-state index contributed by atoms with van der Waals surface area (Å²) in [6, 6.07) is 0. The average Bonchev–Trinajstić information content (AvgIpc) is 2.77. The molecule has 122 valence electrons. The van der Waals surface area contributed by atoms with Gasteiger partial charge in [-0.3, -0.25) is 9.48 Å². The molecule has 22 heavy (non-hydrogen) atoms. The molecule has 2 rings (SSSR count). The summed E-state index contributed by atoms with van der Waals surface area (Å²) in [7, 11) is 0. The van der Waals surface area contributed by atoms with Crippen molar-refractivity contribution in [3.63, 3.8) is 0 Å². The second-order valence-corrected chi connectivity index (χ2v) is 6.02. The Morgan fingerprint density at radius 3 is 3.00 bits per heavy atom. The number of aromatic nitrogens is 2. The highest BCUT2D eigenvalue weighted by atomic mass is 35.5. The molecule has 0 spiro atoms. The van der Waals surface area contributed by atoms with E-state index in [1.807, 2.05) is 13.8 Å². The van der Waals surface area contributed by atoms with Gasteiger partial charge in [0.25, 0.3) is 0 Å². The molecule has 6 heteroatoms. The summed E-state index contributed by atoms with van der Waals surface area (Å²) in [4.78, 5) is 14.0. The molecule has 1 aliphatic rings. The molecule has 1 atom stereocenters. The lowest BCUT2D eigenvalue weighted by Crippen LogP contribution is -2.43. The van der Waals surface area contributed by atoms with E-state index < -0.39 is 0 Å². The van der Waals surface area contributed by atoms with E-state index in [0.29, 0.717) is 24.8 Å². The first-order valence-electron chi connectivity index (χ1n) is 7.84. The van der Waals surface area contributed by atoms with Crippen LogP contribution >= 0.6 is 11.6 Å². The van der Waals surface area contributed by atoms with Gasteiger partial charge in [0.15, 0.2) is 0 Å². The summed E-state index contributed by atoms with van der Waals surface area (Å²) in [5.41, 5.74) is 1.67. The number of carbonyl (C=O) groups is 1. The molecule has 2 heterocycles. The average molecular weight is 326 g/mol. The third-order valence-corrected chi connectivity index (χ3v) is 4.18. The van der Waals surface area contributed by atoms with Crippen molar-refractivity contribution in [2.75, 3.05) is 19.7 Å². The van der Waals surface area contributed by atoms with Gasteiger partial charge in [-0.15, -0.1) is 0 Å². The smallest absolute Gasteiger partial charge is 0.246 e. The molecule has 1 fully saturated rings. The van der Waals surface area contributed by atoms with Crippen LogP contribution < -0.4 is 0 Å². The van der Waals surface area contributed by atoms with E-state index in [0.717, 1.165) is 30.6 Å². The van der Waals surface area contributed by atoms with E-state index in [2.05, 4.69) is 12.0 Å². The summed E-state index contributed by atoms with van der Waals surface area (Å²) in [6.07, 6.45) is 5.57. The van der Waals surface area contributed by atoms with Crippen LogP contribution in [0.1, 0.15) is 37.9 Å². The van der Waals surface area contributed by atoms with Crippen LogP contribution in [0.3, 0.4) is 0 Å². The Balaban J connectivity index is 2.06. The van der Waals surface area contributed by atoms with Crippen LogP contribution in [0.4, 0.5) is 0 Å². The second kappa shape index (κ2) is 7.79. The van der Waals surface area contributed by atoms with Gasteiger partial charge in [-0.05, 0) is 26.3 Å². The highest BCUT2D eigenvalue weighted by molar-refractivity contribution is 6.31. The molecule has 0 radical (unpaired) electrons. The molecule has 1 aromatic heterocycles. The van der Waals surface area contributed by atoms with Gasteiger partial charge in [0.1, 0.15) is 5.15 Å². The molecular formula is C16H24ClN3O2. The van der Waals surface area contributed by atoms with Crippen LogP contribution in [0.25, 0.3) is 6.08 Å². The van der Waals surface area contributed by atoms with Crippen LogP contribution in [0.2, 0.25) is 5.15 Å².